The minimum Gasteiger partial charge on any atom is -0.494 e. The third kappa shape index (κ3) is 4.23. The molecule has 2 N–H and O–H groups in total. The quantitative estimate of drug-likeness (QED) is 0.839. The molecule has 2 rings (SSSR count). The number of amides is 1. The number of carbonyl (C=O) groups excluding carboxylic acids is 1. The van der Waals surface area contributed by atoms with Gasteiger partial charge in [-0.15, -0.1) is 0 Å². The van der Waals surface area contributed by atoms with Gasteiger partial charge in [-0.25, -0.2) is 0 Å². The number of carbonyl (C=O) groups is 1. The summed E-state index contributed by atoms with van der Waals surface area (Å²) in [6.07, 6.45) is 2.83. The lowest BCUT2D eigenvalue weighted by molar-refractivity contribution is -0.122. The highest BCUT2D eigenvalue weighted by molar-refractivity contribution is 5.77. The van der Waals surface area contributed by atoms with Crippen molar-refractivity contribution in [3.05, 3.63) is 29.8 Å². The van der Waals surface area contributed by atoms with Gasteiger partial charge < -0.3 is 15.4 Å². The van der Waals surface area contributed by atoms with E-state index < -0.39 is 0 Å². The number of benzene rings is 1. The second kappa shape index (κ2) is 7.29. The molecule has 1 amide bonds. The standard InChI is InChI=1S/C16H24N2O2/c1-3-20-15-8-4-6-13(10-15)12(2)18-16(19)11-14-7-5-9-17-14/h4,6,8,10,12,14,17H,3,5,7,9,11H2,1-2H3,(H,18,19). The molecule has 1 saturated heterocycles. The summed E-state index contributed by atoms with van der Waals surface area (Å²) in [4.78, 5) is 12.0. The summed E-state index contributed by atoms with van der Waals surface area (Å²) in [5, 5.41) is 6.40. The van der Waals surface area contributed by atoms with E-state index in [1.54, 1.807) is 0 Å². The minimum absolute atomic E-state index is 0.00399. The molecule has 0 spiro atoms. The Hall–Kier alpha value is -1.55. The Bertz CT molecular complexity index is 442. The zero-order chi connectivity index (χ0) is 14.4. The topological polar surface area (TPSA) is 50.4 Å². The molecule has 4 heteroatoms. The summed E-state index contributed by atoms with van der Waals surface area (Å²) in [6, 6.07) is 8.25. The van der Waals surface area contributed by atoms with Gasteiger partial charge in [0.2, 0.25) is 5.91 Å². The Morgan fingerprint density at radius 1 is 1.55 bits per heavy atom. The molecule has 1 aliphatic rings. The minimum atomic E-state index is 0.00399. The van der Waals surface area contributed by atoms with Crippen LogP contribution < -0.4 is 15.4 Å². The van der Waals surface area contributed by atoms with Gasteiger partial charge in [0.25, 0.3) is 0 Å². The zero-order valence-electron chi connectivity index (χ0n) is 12.3. The van der Waals surface area contributed by atoms with Crippen LogP contribution in [0.15, 0.2) is 24.3 Å². The SMILES string of the molecule is CCOc1cccc(C(C)NC(=O)CC2CCCN2)c1. The Kier molecular flexibility index (Phi) is 5.41. The highest BCUT2D eigenvalue weighted by Gasteiger charge is 2.19. The van der Waals surface area contributed by atoms with E-state index in [0.29, 0.717) is 19.1 Å². The van der Waals surface area contributed by atoms with Crippen molar-refractivity contribution in [2.75, 3.05) is 13.2 Å². The summed E-state index contributed by atoms with van der Waals surface area (Å²) in [6.45, 7) is 5.65. The molecular weight excluding hydrogens is 252 g/mol. The molecule has 1 aromatic rings. The molecule has 1 aromatic carbocycles. The summed E-state index contributed by atoms with van der Waals surface area (Å²) in [5.41, 5.74) is 1.07. The van der Waals surface area contributed by atoms with E-state index >= 15 is 0 Å². The van der Waals surface area contributed by atoms with Gasteiger partial charge in [0.1, 0.15) is 5.75 Å². The lowest BCUT2D eigenvalue weighted by Gasteiger charge is -2.17. The second-order valence-corrected chi connectivity index (χ2v) is 5.29. The van der Waals surface area contributed by atoms with Gasteiger partial charge >= 0.3 is 0 Å². The van der Waals surface area contributed by atoms with Crippen molar-refractivity contribution in [1.82, 2.24) is 10.6 Å². The summed E-state index contributed by atoms with van der Waals surface area (Å²) < 4.78 is 5.49. The number of hydrogen-bond donors (Lipinski definition) is 2. The summed E-state index contributed by atoms with van der Waals surface area (Å²) in [5.74, 6) is 0.960. The molecule has 2 atom stereocenters. The Morgan fingerprint density at radius 2 is 2.40 bits per heavy atom. The van der Waals surface area contributed by atoms with Gasteiger partial charge in [-0.05, 0) is 50.9 Å². The lowest BCUT2D eigenvalue weighted by atomic mass is 10.1. The normalized spacial score (nSPS) is 19.6. The fourth-order valence-electron chi connectivity index (χ4n) is 2.58. The predicted molar refractivity (Wildman–Crippen MR) is 79.8 cm³/mol. The van der Waals surface area contributed by atoms with Crippen LogP contribution in [0.2, 0.25) is 0 Å². The molecule has 0 saturated carbocycles. The van der Waals surface area contributed by atoms with Crippen LogP contribution in [0.3, 0.4) is 0 Å². The van der Waals surface area contributed by atoms with Gasteiger partial charge in [-0.1, -0.05) is 12.1 Å². The van der Waals surface area contributed by atoms with E-state index in [0.717, 1.165) is 24.3 Å². The Morgan fingerprint density at radius 3 is 3.10 bits per heavy atom. The first kappa shape index (κ1) is 14.9. The smallest absolute Gasteiger partial charge is 0.222 e. The fourth-order valence-corrected chi connectivity index (χ4v) is 2.58. The molecular formula is C16H24N2O2. The maximum Gasteiger partial charge on any atom is 0.222 e. The number of hydrogen-bond acceptors (Lipinski definition) is 3. The van der Waals surface area contributed by atoms with Crippen LogP contribution in [0.4, 0.5) is 0 Å². The van der Waals surface area contributed by atoms with E-state index in [9.17, 15) is 4.79 Å². The van der Waals surface area contributed by atoms with E-state index in [2.05, 4.69) is 10.6 Å². The van der Waals surface area contributed by atoms with Gasteiger partial charge in [0, 0.05) is 12.5 Å². The molecule has 1 fully saturated rings. The van der Waals surface area contributed by atoms with Crippen LogP contribution in [-0.4, -0.2) is 25.1 Å². The van der Waals surface area contributed by atoms with Gasteiger partial charge in [0.05, 0.1) is 12.6 Å². The van der Waals surface area contributed by atoms with Crippen LogP contribution in [0.25, 0.3) is 0 Å². The van der Waals surface area contributed by atoms with Crippen molar-refractivity contribution in [3.8, 4) is 5.75 Å². The van der Waals surface area contributed by atoms with Crippen molar-refractivity contribution in [1.29, 1.82) is 0 Å². The number of nitrogens with one attached hydrogen (secondary N) is 2. The molecule has 20 heavy (non-hydrogen) atoms. The van der Waals surface area contributed by atoms with Crippen LogP contribution in [-0.2, 0) is 4.79 Å². The lowest BCUT2D eigenvalue weighted by Crippen LogP contribution is -2.33. The molecule has 1 heterocycles. The first-order valence-electron chi connectivity index (χ1n) is 7.44. The molecule has 1 aliphatic heterocycles. The monoisotopic (exact) mass is 276 g/mol. The Labute approximate surface area is 120 Å². The maximum atomic E-state index is 12.0. The van der Waals surface area contributed by atoms with Crippen LogP contribution in [0, 0.1) is 0 Å². The highest BCUT2D eigenvalue weighted by Crippen LogP contribution is 2.19. The van der Waals surface area contributed by atoms with Gasteiger partial charge in [-0.3, -0.25) is 4.79 Å². The van der Waals surface area contributed by atoms with Gasteiger partial charge in [0.15, 0.2) is 0 Å². The zero-order valence-corrected chi connectivity index (χ0v) is 12.3. The Balaban J connectivity index is 1.88. The summed E-state index contributed by atoms with van der Waals surface area (Å²) in [7, 11) is 0. The first-order valence-corrected chi connectivity index (χ1v) is 7.44. The fraction of sp³-hybridized carbons (Fsp3) is 0.562. The van der Waals surface area contributed by atoms with E-state index in [1.165, 1.54) is 6.42 Å². The number of ether oxygens (including phenoxy) is 1. The largest absolute Gasteiger partial charge is 0.494 e. The second-order valence-electron chi connectivity index (χ2n) is 5.29. The average Bonchev–Trinajstić information content (AvgIpc) is 2.92. The average molecular weight is 276 g/mol. The third-order valence-electron chi connectivity index (χ3n) is 3.64. The van der Waals surface area contributed by atoms with E-state index in [4.69, 9.17) is 4.74 Å². The molecule has 4 nitrogen and oxygen atoms in total. The van der Waals surface area contributed by atoms with E-state index in [-0.39, 0.29) is 11.9 Å². The van der Waals surface area contributed by atoms with Crippen molar-refractivity contribution in [3.63, 3.8) is 0 Å². The maximum absolute atomic E-state index is 12.0. The van der Waals surface area contributed by atoms with Crippen molar-refractivity contribution in [2.24, 2.45) is 0 Å². The molecule has 2 unspecified atom stereocenters. The molecule has 0 aliphatic carbocycles. The van der Waals surface area contributed by atoms with Crippen molar-refractivity contribution >= 4 is 5.91 Å². The van der Waals surface area contributed by atoms with E-state index in [1.807, 2.05) is 38.1 Å². The van der Waals surface area contributed by atoms with Crippen LogP contribution >= 0.6 is 0 Å². The molecule has 110 valence electrons. The van der Waals surface area contributed by atoms with Crippen LogP contribution in [0.5, 0.6) is 5.75 Å². The van der Waals surface area contributed by atoms with Crippen LogP contribution in [0.1, 0.15) is 44.7 Å². The highest BCUT2D eigenvalue weighted by atomic mass is 16.5. The summed E-state index contributed by atoms with van der Waals surface area (Å²) >= 11 is 0. The predicted octanol–water partition coefficient (Wildman–Crippen LogP) is 2.40. The first-order chi connectivity index (χ1) is 9.69. The molecule has 0 bridgehead atoms. The van der Waals surface area contributed by atoms with Gasteiger partial charge in [-0.2, -0.15) is 0 Å². The van der Waals surface area contributed by atoms with Crippen molar-refractivity contribution in [2.45, 2.75) is 45.2 Å². The third-order valence-corrected chi connectivity index (χ3v) is 3.64. The molecule has 0 aromatic heterocycles. The van der Waals surface area contributed by atoms with Crippen molar-refractivity contribution < 1.29 is 9.53 Å². The molecule has 0 radical (unpaired) electrons. The number of rotatable bonds is 6.